The van der Waals surface area contributed by atoms with Gasteiger partial charge >= 0.3 is 0 Å². The number of anilines is 1. The summed E-state index contributed by atoms with van der Waals surface area (Å²) in [5, 5.41) is 13.2. The molecule has 40 heavy (non-hydrogen) atoms. The minimum atomic E-state index is -0.919. The highest BCUT2D eigenvalue weighted by atomic mass is 32.1. The number of thiazole rings is 1. The van der Waals surface area contributed by atoms with Gasteiger partial charge in [0.2, 0.25) is 5.78 Å². The van der Waals surface area contributed by atoms with Crippen LogP contribution in [0.3, 0.4) is 0 Å². The van der Waals surface area contributed by atoms with Gasteiger partial charge in [0.05, 0.1) is 47.0 Å². The van der Waals surface area contributed by atoms with Gasteiger partial charge in [-0.2, -0.15) is 0 Å². The standard InChI is InChI=1S/C30H30N2O6S2/c1-4-6-7-14-38-21-13-10-18(16-22(21)36-3)26-25(27(33)23-9-8-15-39-23)28(34)29(35)32(26)30-31-20-12-11-19(37-5-2)17-24(20)40-30/h8-13,15-17,26,34H,4-7,14H2,1-3H3. The molecule has 1 atom stereocenters. The van der Waals surface area contributed by atoms with E-state index in [4.69, 9.17) is 19.2 Å². The van der Waals surface area contributed by atoms with Crippen molar-refractivity contribution >= 4 is 49.7 Å². The van der Waals surface area contributed by atoms with Gasteiger partial charge in [-0.3, -0.25) is 14.5 Å². The lowest BCUT2D eigenvalue weighted by atomic mass is 9.95. The van der Waals surface area contributed by atoms with Crippen LogP contribution in [-0.4, -0.2) is 42.1 Å². The van der Waals surface area contributed by atoms with Crippen LogP contribution in [0, 0.1) is 0 Å². The lowest BCUT2D eigenvalue weighted by Crippen LogP contribution is -2.31. The van der Waals surface area contributed by atoms with E-state index in [1.165, 1.54) is 27.6 Å². The predicted molar refractivity (Wildman–Crippen MR) is 157 cm³/mol. The van der Waals surface area contributed by atoms with Crippen molar-refractivity contribution in [3.63, 3.8) is 0 Å². The van der Waals surface area contributed by atoms with E-state index < -0.39 is 23.5 Å². The lowest BCUT2D eigenvalue weighted by molar-refractivity contribution is -0.117. The topological polar surface area (TPSA) is 98.2 Å². The summed E-state index contributed by atoms with van der Waals surface area (Å²) >= 11 is 2.54. The molecule has 0 bridgehead atoms. The summed E-state index contributed by atoms with van der Waals surface area (Å²) in [4.78, 5) is 33.8. The number of ketones is 1. The molecule has 0 saturated heterocycles. The van der Waals surface area contributed by atoms with Gasteiger partial charge in [-0.25, -0.2) is 4.98 Å². The van der Waals surface area contributed by atoms with Gasteiger partial charge in [0.1, 0.15) is 5.75 Å². The van der Waals surface area contributed by atoms with E-state index in [1.807, 2.05) is 25.1 Å². The molecular formula is C30H30N2O6S2. The number of Topliss-reactive ketones (excluding diaryl/α,β-unsaturated/α-hetero) is 1. The number of amides is 1. The van der Waals surface area contributed by atoms with Gasteiger partial charge in [0.15, 0.2) is 22.4 Å². The van der Waals surface area contributed by atoms with Gasteiger partial charge in [0, 0.05) is 0 Å². The number of carbonyl (C=O) groups excluding carboxylic acids is 2. The smallest absolute Gasteiger partial charge is 0.296 e. The van der Waals surface area contributed by atoms with Crippen LogP contribution in [-0.2, 0) is 4.79 Å². The number of unbranched alkanes of at least 4 members (excludes halogenated alkanes) is 2. The molecule has 8 nitrogen and oxygen atoms in total. The van der Waals surface area contributed by atoms with Crippen molar-refractivity contribution in [2.75, 3.05) is 25.2 Å². The van der Waals surface area contributed by atoms with Crippen molar-refractivity contribution in [3.05, 3.63) is 75.7 Å². The molecule has 1 amide bonds. The molecule has 0 spiro atoms. The first-order valence-corrected chi connectivity index (χ1v) is 14.8. The number of ether oxygens (including phenoxy) is 3. The largest absolute Gasteiger partial charge is 0.503 e. The van der Waals surface area contributed by atoms with Crippen LogP contribution in [0.1, 0.15) is 54.4 Å². The number of hydrogen-bond acceptors (Lipinski definition) is 9. The van der Waals surface area contributed by atoms with E-state index in [0.29, 0.717) is 51.6 Å². The summed E-state index contributed by atoms with van der Waals surface area (Å²) in [6.07, 6.45) is 3.07. The maximum absolute atomic E-state index is 13.7. The lowest BCUT2D eigenvalue weighted by Gasteiger charge is -2.25. The van der Waals surface area contributed by atoms with Crippen molar-refractivity contribution in [2.45, 2.75) is 39.2 Å². The Kier molecular flexibility index (Phi) is 8.37. The number of fused-ring (bicyclic) bond motifs is 1. The molecule has 0 saturated carbocycles. The predicted octanol–water partition coefficient (Wildman–Crippen LogP) is 7.12. The summed E-state index contributed by atoms with van der Waals surface area (Å²) in [6.45, 7) is 5.11. The maximum atomic E-state index is 13.7. The number of methoxy groups -OCH3 is 1. The molecule has 5 rings (SSSR count). The Morgan fingerprint density at radius 1 is 1.07 bits per heavy atom. The van der Waals surface area contributed by atoms with Crippen molar-refractivity contribution in [1.82, 2.24) is 4.98 Å². The summed E-state index contributed by atoms with van der Waals surface area (Å²) < 4.78 is 18.0. The van der Waals surface area contributed by atoms with E-state index in [9.17, 15) is 14.7 Å². The van der Waals surface area contributed by atoms with Gasteiger partial charge < -0.3 is 19.3 Å². The average molecular weight is 579 g/mol. The number of hydrogen-bond donors (Lipinski definition) is 1. The van der Waals surface area contributed by atoms with E-state index >= 15 is 0 Å². The summed E-state index contributed by atoms with van der Waals surface area (Å²) in [5.41, 5.74) is 1.27. The minimum absolute atomic E-state index is 0.000351. The van der Waals surface area contributed by atoms with Gasteiger partial charge in [0.25, 0.3) is 5.91 Å². The Morgan fingerprint density at radius 2 is 1.93 bits per heavy atom. The van der Waals surface area contributed by atoms with E-state index in [2.05, 4.69) is 6.92 Å². The van der Waals surface area contributed by atoms with Crippen LogP contribution in [0.2, 0.25) is 0 Å². The van der Waals surface area contributed by atoms with E-state index in [1.54, 1.807) is 42.8 Å². The molecule has 3 heterocycles. The molecule has 1 aliphatic rings. The van der Waals surface area contributed by atoms with E-state index in [0.717, 1.165) is 24.0 Å². The Bertz CT molecular complexity index is 1560. The highest BCUT2D eigenvalue weighted by Gasteiger charge is 2.46. The van der Waals surface area contributed by atoms with Crippen LogP contribution < -0.4 is 19.1 Å². The second-order valence-electron chi connectivity index (χ2n) is 9.17. The van der Waals surface area contributed by atoms with Crippen LogP contribution in [0.25, 0.3) is 10.2 Å². The fourth-order valence-electron chi connectivity index (χ4n) is 4.65. The summed E-state index contributed by atoms with van der Waals surface area (Å²) in [7, 11) is 1.55. The van der Waals surface area contributed by atoms with Crippen LogP contribution in [0.5, 0.6) is 17.2 Å². The van der Waals surface area contributed by atoms with Crippen molar-refractivity contribution in [2.24, 2.45) is 0 Å². The highest BCUT2D eigenvalue weighted by Crippen LogP contribution is 2.46. The van der Waals surface area contributed by atoms with Crippen molar-refractivity contribution in [1.29, 1.82) is 0 Å². The molecule has 0 fully saturated rings. The van der Waals surface area contributed by atoms with Crippen LogP contribution in [0.15, 0.2) is 65.2 Å². The number of carbonyl (C=O) groups is 2. The third-order valence-electron chi connectivity index (χ3n) is 6.57. The number of rotatable bonds is 12. The SMILES string of the molecule is CCCCCOc1ccc(C2C(C(=O)c3cccs3)=C(O)C(=O)N2c2nc3ccc(OCC)cc3s2)cc1OC. The number of nitrogens with zero attached hydrogens (tertiary/aromatic N) is 2. The molecule has 208 valence electrons. The van der Waals surface area contributed by atoms with Crippen LogP contribution >= 0.6 is 22.7 Å². The number of aliphatic hydroxyl groups is 1. The molecule has 2 aromatic heterocycles. The third kappa shape index (κ3) is 5.29. The Balaban J connectivity index is 1.59. The maximum Gasteiger partial charge on any atom is 0.296 e. The molecule has 0 aliphatic carbocycles. The van der Waals surface area contributed by atoms with Crippen molar-refractivity contribution in [3.8, 4) is 17.2 Å². The quantitative estimate of drug-likeness (QED) is 0.141. The zero-order valence-electron chi connectivity index (χ0n) is 22.5. The molecular weight excluding hydrogens is 548 g/mol. The molecule has 2 aromatic carbocycles. The summed E-state index contributed by atoms with van der Waals surface area (Å²) in [6, 6.07) is 13.4. The first kappa shape index (κ1) is 27.7. The zero-order valence-corrected chi connectivity index (χ0v) is 24.1. The monoisotopic (exact) mass is 578 g/mol. The van der Waals surface area contributed by atoms with Gasteiger partial charge in [-0.15, -0.1) is 11.3 Å². The van der Waals surface area contributed by atoms with Crippen molar-refractivity contribution < 1.29 is 28.9 Å². The third-order valence-corrected chi connectivity index (χ3v) is 8.46. The molecule has 0 radical (unpaired) electrons. The molecule has 10 heteroatoms. The second-order valence-corrected chi connectivity index (χ2v) is 11.1. The molecule has 1 aliphatic heterocycles. The van der Waals surface area contributed by atoms with Gasteiger partial charge in [-0.1, -0.05) is 43.2 Å². The van der Waals surface area contributed by atoms with E-state index in [-0.39, 0.29) is 5.57 Å². The minimum Gasteiger partial charge on any atom is -0.503 e. The Labute approximate surface area is 240 Å². The Morgan fingerprint density at radius 3 is 2.65 bits per heavy atom. The first-order chi connectivity index (χ1) is 19.5. The average Bonchev–Trinajstić information content (AvgIpc) is 3.70. The van der Waals surface area contributed by atoms with Gasteiger partial charge in [-0.05, 0) is 60.7 Å². The van der Waals surface area contributed by atoms with Crippen LogP contribution in [0.4, 0.5) is 5.13 Å². The highest BCUT2D eigenvalue weighted by molar-refractivity contribution is 7.22. The molecule has 4 aromatic rings. The number of aromatic nitrogens is 1. The zero-order chi connectivity index (χ0) is 28.2. The summed E-state index contributed by atoms with van der Waals surface area (Å²) in [5.74, 6) is 0.0574. The number of benzene rings is 2. The normalized spacial score (nSPS) is 15.2. The number of aliphatic hydroxyl groups excluding tert-OH is 1. The fraction of sp³-hybridized carbons (Fsp3) is 0.300. The molecule has 1 N–H and O–H groups in total. The Hall–Kier alpha value is -3.89. The first-order valence-electron chi connectivity index (χ1n) is 13.2. The second kappa shape index (κ2) is 12.1. The molecule has 1 unspecified atom stereocenters. The fourth-order valence-corrected chi connectivity index (χ4v) is 6.35. The number of thiophene rings is 1.